The molecule has 0 bridgehead atoms. The number of aromatic nitrogens is 2. The molecule has 164 valence electrons. The lowest BCUT2D eigenvalue weighted by atomic mass is 9.94. The number of para-hydroxylation sites is 1. The van der Waals surface area contributed by atoms with Crippen LogP contribution in [-0.2, 0) is 11.2 Å². The molecule has 7 nitrogen and oxygen atoms in total. The summed E-state index contributed by atoms with van der Waals surface area (Å²) in [6.07, 6.45) is 10.4. The first-order chi connectivity index (χ1) is 15.3. The summed E-state index contributed by atoms with van der Waals surface area (Å²) in [6.45, 7) is 4.66. The maximum absolute atomic E-state index is 12.9. The first kappa shape index (κ1) is 21.5. The van der Waals surface area contributed by atoms with Crippen molar-refractivity contribution in [2.45, 2.75) is 25.7 Å². The molecule has 1 aliphatic carbocycles. The number of rotatable bonds is 8. The van der Waals surface area contributed by atoms with Crippen molar-refractivity contribution in [3.05, 3.63) is 59.9 Å². The third kappa shape index (κ3) is 6.12. The number of hydrogen-bond donors (Lipinski definition) is 2. The topological polar surface area (TPSA) is 79.4 Å². The summed E-state index contributed by atoms with van der Waals surface area (Å²) in [5, 5.41) is 6.52. The number of allylic oxidation sites excluding steroid dienone is 2. The number of benzene rings is 1. The number of ether oxygens (including phenoxy) is 1. The van der Waals surface area contributed by atoms with E-state index >= 15 is 0 Å². The molecule has 4 rings (SSSR count). The highest BCUT2D eigenvalue weighted by Crippen LogP contribution is 2.18. The Morgan fingerprint density at radius 1 is 1.16 bits per heavy atom. The van der Waals surface area contributed by atoms with Gasteiger partial charge in [0, 0.05) is 37.9 Å². The predicted molar refractivity (Wildman–Crippen MR) is 123 cm³/mol. The molecule has 0 radical (unpaired) electrons. The zero-order valence-corrected chi connectivity index (χ0v) is 17.9. The number of amides is 1. The molecule has 31 heavy (non-hydrogen) atoms. The molecule has 2 N–H and O–H groups in total. The molecule has 0 saturated carbocycles. The summed E-state index contributed by atoms with van der Waals surface area (Å²) in [5.74, 6) is 1.19. The van der Waals surface area contributed by atoms with Crippen molar-refractivity contribution in [1.82, 2.24) is 15.3 Å². The molecule has 1 aromatic carbocycles. The molecule has 1 aliphatic heterocycles. The van der Waals surface area contributed by atoms with Gasteiger partial charge in [-0.1, -0.05) is 30.4 Å². The number of nitrogens with zero attached hydrogens (tertiary/aromatic N) is 3. The van der Waals surface area contributed by atoms with Gasteiger partial charge in [0.25, 0.3) is 5.91 Å². The van der Waals surface area contributed by atoms with Crippen LogP contribution in [-0.4, -0.2) is 55.3 Å². The highest BCUT2D eigenvalue weighted by molar-refractivity contribution is 6.04. The molecule has 1 aromatic heterocycles. The minimum Gasteiger partial charge on any atom is -0.378 e. The van der Waals surface area contributed by atoms with Crippen LogP contribution in [0.15, 0.2) is 48.7 Å². The van der Waals surface area contributed by atoms with Crippen molar-refractivity contribution in [3.63, 3.8) is 0 Å². The van der Waals surface area contributed by atoms with Gasteiger partial charge in [0.15, 0.2) is 0 Å². The molecule has 1 atom stereocenters. The fraction of sp³-hybridized carbons (Fsp3) is 0.458. The Morgan fingerprint density at radius 2 is 2.00 bits per heavy atom. The Morgan fingerprint density at radius 3 is 2.77 bits per heavy atom. The van der Waals surface area contributed by atoms with E-state index in [9.17, 15) is 4.79 Å². The van der Waals surface area contributed by atoms with Crippen LogP contribution in [0.4, 0.5) is 11.6 Å². The van der Waals surface area contributed by atoms with E-state index in [1.54, 1.807) is 6.20 Å². The van der Waals surface area contributed by atoms with E-state index in [1.807, 2.05) is 30.3 Å². The molecular formula is C24H31N5O2. The Bertz CT molecular complexity index is 881. The van der Waals surface area contributed by atoms with E-state index in [1.165, 1.54) is 12.8 Å². The minimum absolute atomic E-state index is 0.174. The van der Waals surface area contributed by atoms with E-state index in [0.29, 0.717) is 37.1 Å². The highest BCUT2D eigenvalue weighted by atomic mass is 16.5. The SMILES string of the molecule is O=C(Nc1ccccc1)c1cnc(N2CCOCC2)nc1CCNC[C@H]1CC=CCC1. The quantitative estimate of drug-likeness (QED) is 0.504. The van der Waals surface area contributed by atoms with Gasteiger partial charge in [-0.15, -0.1) is 0 Å². The summed E-state index contributed by atoms with van der Waals surface area (Å²) >= 11 is 0. The van der Waals surface area contributed by atoms with Gasteiger partial charge in [-0.05, 0) is 43.9 Å². The van der Waals surface area contributed by atoms with Gasteiger partial charge in [-0.25, -0.2) is 9.97 Å². The maximum Gasteiger partial charge on any atom is 0.259 e. The summed E-state index contributed by atoms with van der Waals surface area (Å²) in [7, 11) is 0. The Kier molecular flexibility index (Phi) is 7.63. The number of carbonyl (C=O) groups excluding carboxylic acids is 1. The van der Waals surface area contributed by atoms with E-state index in [-0.39, 0.29) is 5.91 Å². The van der Waals surface area contributed by atoms with Crippen molar-refractivity contribution in [2.75, 3.05) is 49.6 Å². The van der Waals surface area contributed by atoms with E-state index in [4.69, 9.17) is 9.72 Å². The van der Waals surface area contributed by atoms with Gasteiger partial charge in [0.05, 0.1) is 24.5 Å². The Balaban J connectivity index is 1.44. The molecular weight excluding hydrogens is 390 g/mol. The van der Waals surface area contributed by atoms with Gasteiger partial charge in [0.1, 0.15) is 0 Å². The lowest BCUT2D eigenvalue weighted by Gasteiger charge is -2.27. The van der Waals surface area contributed by atoms with E-state index in [2.05, 4.69) is 32.7 Å². The first-order valence-electron chi connectivity index (χ1n) is 11.2. The minimum atomic E-state index is -0.174. The lowest BCUT2D eigenvalue weighted by Crippen LogP contribution is -2.37. The van der Waals surface area contributed by atoms with Crippen molar-refractivity contribution in [3.8, 4) is 0 Å². The molecule has 1 saturated heterocycles. The normalized spacial score (nSPS) is 18.7. The van der Waals surface area contributed by atoms with Crippen molar-refractivity contribution >= 4 is 17.5 Å². The van der Waals surface area contributed by atoms with Crippen LogP contribution in [0.25, 0.3) is 0 Å². The predicted octanol–water partition coefficient (Wildman–Crippen LogP) is 3.05. The van der Waals surface area contributed by atoms with Crippen LogP contribution in [0.5, 0.6) is 0 Å². The Hall–Kier alpha value is -2.77. The van der Waals surface area contributed by atoms with Gasteiger partial charge >= 0.3 is 0 Å². The number of nitrogens with one attached hydrogen (secondary N) is 2. The average molecular weight is 422 g/mol. The van der Waals surface area contributed by atoms with Gasteiger partial charge < -0.3 is 20.3 Å². The second kappa shape index (κ2) is 11.0. The van der Waals surface area contributed by atoms with E-state index < -0.39 is 0 Å². The summed E-state index contributed by atoms with van der Waals surface area (Å²) in [5.41, 5.74) is 2.07. The van der Waals surface area contributed by atoms with Crippen LogP contribution in [0.3, 0.4) is 0 Å². The van der Waals surface area contributed by atoms with E-state index in [0.717, 1.165) is 44.0 Å². The van der Waals surface area contributed by atoms with Crippen molar-refractivity contribution < 1.29 is 9.53 Å². The molecule has 0 unspecified atom stereocenters. The number of anilines is 2. The first-order valence-corrected chi connectivity index (χ1v) is 11.2. The molecule has 1 fully saturated rings. The largest absolute Gasteiger partial charge is 0.378 e. The molecule has 2 aliphatic rings. The van der Waals surface area contributed by atoms with Gasteiger partial charge in [-0.3, -0.25) is 4.79 Å². The fourth-order valence-corrected chi connectivity index (χ4v) is 3.98. The van der Waals surface area contributed by atoms with Gasteiger partial charge in [-0.2, -0.15) is 0 Å². The highest BCUT2D eigenvalue weighted by Gasteiger charge is 2.19. The van der Waals surface area contributed by atoms with Crippen LogP contribution in [0.1, 0.15) is 35.3 Å². The second-order valence-electron chi connectivity index (χ2n) is 8.05. The van der Waals surface area contributed by atoms with Gasteiger partial charge in [0.2, 0.25) is 5.95 Å². The second-order valence-corrected chi connectivity index (χ2v) is 8.05. The lowest BCUT2D eigenvalue weighted by molar-refractivity contribution is 0.102. The standard InChI is InChI=1S/C24H31N5O2/c30-23(27-20-9-5-2-6-10-20)21-18-26-24(29-13-15-31-16-14-29)28-22(21)11-12-25-17-19-7-3-1-4-8-19/h1-3,5-6,9-10,18-19,25H,4,7-8,11-17H2,(H,27,30)/t19-/m0/s1. The summed E-state index contributed by atoms with van der Waals surface area (Å²) < 4.78 is 5.44. The third-order valence-electron chi connectivity index (χ3n) is 5.77. The zero-order chi connectivity index (χ0) is 21.3. The monoisotopic (exact) mass is 421 g/mol. The average Bonchev–Trinajstić information content (AvgIpc) is 2.83. The summed E-state index contributed by atoms with van der Waals surface area (Å²) in [4.78, 5) is 24.4. The summed E-state index contributed by atoms with van der Waals surface area (Å²) in [6, 6.07) is 9.48. The smallest absolute Gasteiger partial charge is 0.259 e. The maximum atomic E-state index is 12.9. The zero-order valence-electron chi connectivity index (χ0n) is 17.9. The number of hydrogen-bond acceptors (Lipinski definition) is 6. The molecule has 7 heteroatoms. The Labute approximate surface area is 183 Å². The number of morpholine rings is 1. The number of carbonyl (C=O) groups is 1. The molecule has 2 aromatic rings. The van der Waals surface area contributed by atoms with Crippen LogP contribution in [0.2, 0.25) is 0 Å². The molecule has 0 spiro atoms. The van der Waals surface area contributed by atoms with Crippen molar-refractivity contribution in [2.24, 2.45) is 5.92 Å². The van der Waals surface area contributed by atoms with Crippen LogP contribution >= 0.6 is 0 Å². The fourth-order valence-electron chi connectivity index (χ4n) is 3.98. The van der Waals surface area contributed by atoms with Crippen LogP contribution < -0.4 is 15.5 Å². The third-order valence-corrected chi connectivity index (χ3v) is 5.77. The van der Waals surface area contributed by atoms with Crippen molar-refractivity contribution in [1.29, 1.82) is 0 Å². The molecule has 1 amide bonds. The van der Waals surface area contributed by atoms with Crippen LogP contribution in [0, 0.1) is 5.92 Å². The molecule has 2 heterocycles.